The van der Waals surface area contributed by atoms with E-state index in [2.05, 4.69) is 26.2 Å². The summed E-state index contributed by atoms with van der Waals surface area (Å²) < 4.78 is 13.6. The van der Waals surface area contributed by atoms with Gasteiger partial charge in [0.2, 0.25) is 0 Å². The second-order valence-electron chi connectivity index (χ2n) is 3.35. The number of nitrogens with one attached hydrogen (secondary N) is 1. The molecule has 2 rings (SSSR count). The van der Waals surface area contributed by atoms with Gasteiger partial charge in [-0.1, -0.05) is 11.6 Å². The molecule has 0 amide bonds. The smallest absolute Gasteiger partial charge is 0.130 e. The predicted molar refractivity (Wildman–Crippen MR) is 71.0 cm³/mol. The van der Waals surface area contributed by atoms with Gasteiger partial charge in [0.25, 0.3) is 0 Å². The molecule has 3 nitrogen and oxygen atoms in total. The number of rotatable bonds is 2. The van der Waals surface area contributed by atoms with Crippen molar-refractivity contribution < 1.29 is 4.39 Å². The highest BCUT2D eigenvalue weighted by Gasteiger charge is 2.08. The minimum absolute atomic E-state index is 0.274. The molecule has 1 aromatic carbocycles. The quantitative estimate of drug-likeness (QED) is 0.881. The van der Waals surface area contributed by atoms with Crippen molar-refractivity contribution in [1.29, 1.82) is 0 Å². The standard InChI is InChI=1S/C11H8BrClFN3/c12-8-3-6(14)4-9(13)11(8)17-10-2-1-7(15)5-16-10/h1-5H,15H2,(H,16,17). The van der Waals surface area contributed by atoms with Crippen LogP contribution in [0.25, 0.3) is 0 Å². The van der Waals surface area contributed by atoms with Crippen LogP contribution >= 0.6 is 27.5 Å². The van der Waals surface area contributed by atoms with Crippen LogP contribution in [0.2, 0.25) is 5.02 Å². The van der Waals surface area contributed by atoms with Crippen molar-refractivity contribution in [2.24, 2.45) is 0 Å². The zero-order valence-electron chi connectivity index (χ0n) is 8.55. The van der Waals surface area contributed by atoms with E-state index < -0.39 is 5.82 Å². The number of nitrogens with two attached hydrogens (primary N) is 1. The van der Waals surface area contributed by atoms with Crippen LogP contribution in [0.1, 0.15) is 0 Å². The molecule has 0 aliphatic rings. The first kappa shape index (κ1) is 12.1. The first-order valence-corrected chi connectivity index (χ1v) is 5.86. The van der Waals surface area contributed by atoms with E-state index in [4.69, 9.17) is 17.3 Å². The van der Waals surface area contributed by atoms with Gasteiger partial charge in [-0.25, -0.2) is 9.37 Å². The summed E-state index contributed by atoms with van der Waals surface area (Å²) in [5.74, 6) is 0.172. The lowest BCUT2D eigenvalue weighted by atomic mass is 10.3. The molecule has 0 aliphatic heterocycles. The Hall–Kier alpha value is -1.33. The van der Waals surface area contributed by atoms with Gasteiger partial charge in [-0.3, -0.25) is 0 Å². The Kier molecular flexibility index (Phi) is 3.49. The molecule has 0 spiro atoms. The lowest BCUT2D eigenvalue weighted by molar-refractivity contribution is 0.627. The summed E-state index contributed by atoms with van der Waals surface area (Å²) in [5.41, 5.74) is 6.65. The maximum atomic E-state index is 13.0. The lowest BCUT2D eigenvalue weighted by Gasteiger charge is -2.10. The monoisotopic (exact) mass is 315 g/mol. The van der Waals surface area contributed by atoms with Gasteiger partial charge in [0.05, 0.1) is 22.6 Å². The van der Waals surface area contributed by atoms with Crippen molar-refractivity contribution in [3.05, 3.63) is 45.8 Å². The highest BCUT2D eigenvalue weighted by Crippen LogP contribution is 2.33. The van der Waals surface area contributed by atoms with E-state index in [1.807, 2.05) is 0 Å². The Labute approximate surface area is 111 Å². The van der Waals surface area contributed by atoms with E-state index in [1.54, 1.807) is 12.1 Å². The molecule has 3 N–H and O–H groups in total. The molecule has 6 heteroatoms. The third-order valence-electron chi connectivity index (χ3n) is 2.05. The summed E-state index contributed by atoms with van der Waals surface area (Å²) in [7, 11) is 0. The summed E-state index contributed by atoms with van der Waals surface area (Å²) in [6, 6.07) is 5.97. The van der Waals surface area contributed by atoms with Gasteiger partial charge < -0.3 is 11.1 Å². The van der Waals surface area contributed by atoms with Gasteiger partial charge in [0, 0.05) is 4.47 Å². The van der Waals surface area contributed by atoms with Crippen LogP contribution in [0.4, 0.5) is 21.6 Å². The van der Waals surface area contributed by atoms with E-state index in [-0.39, 0.29) is 5.02 Å². The Bertz CT molecular complexity index is 522. The van der Waals surface area contributed by atoms with Crippen molar-refractivity contribution >= 4 is 44.7 Å². The summed E-state index contributed by atoms with van der Waals surface area (Å²) in [6.45, 7) is 0. The molecular formula is C11H8BrClFN3. The largest absolute Gasteiger partial charge is 0.397 e. The minimum atomic E-state index is -0.405. The van der Waals surface area contributed by atoms with Gasteiger partial charge in [0.1, 0.15) is 11.6 Å². The molecule has 0 saturated heterocycles. The molecule has 0 bridgehead atoms. The van der Waals surface area contributed by atoms with Gasteiger partial charge in [0.15, 0.2) is 0 Å². The summed E-state index contributed by atoms with van der Waals surface area (Å²) in [6.07, 6.45) is 1.52. The maximum absolute atomic E-state index is 13.0. The topological polar surface area (TPSA) is 50.9 Å². The SMILES string of the molecule is Nc1ccc(Nc2c(Cl)cc(F)cc2Br)nc1. The molecule has 0 aliphatic carbocycles. The van der Waals surface area contributed by atoms with Gasteiger partial charge >= 0.3 is 0 Å². The first-order chi connectivity index (χ1) is 8.06. The average molecular weight is 317 g/mol. The number of hydrogen-bond donors (Lipinski definition) is 2. The van der Waals surface area contributed by atoms with Crippen molar-refractivity contribution in [3.63, 3.8) is 0 Å². The second kappa shape index (κ2) is 4.89. The molecular weight excluding hydrogens is 308 g/mol. The normalized spacial score (nSPS) is 10.3. The third kappa shape index (κ3) is 2.87. The van der Waals surface area contributed by atoms with E-state index in [0.29, 0.717) is 21.7 Å². The Morgan fingerprint density at radius 3 is 2.71 bits per heavy atom. The molecule has 88 valence electrons. The number of halogens is 3. The van der Waals surface area contributed by atoms with Crippen molar-refractivity contribution in [3.8, 4) is 0 Å². The number of hydrogen-bond acceptors (Lipinski definition) is 3. The highest BCUT2D eigenvalue weighted by atomic mass is 79.9. The summed E-state index contributed by atoms with van der Waals surface area (Å²) in [5, 5.41) is 3.26. The van der Waals surface area contributed by atoms with Crippen LogP contribution in [-0.2, 0) is 0 Å². The predicted octanol–water partition coefficient (Wildman–Crippen LogP) is 3.96. The number of nitrogen functional groups attached to an aromatic ring is 1. The zero-order valence-corrected chi connectivity index (χ0v) is 10.9. The van der Waals surface area contributed by atoms with Crippen LogP contribution < -0.4 is 11.1 Å². The van der Waals surface area contributed by atoms with Crippen molar-refractivity contribution in [2.45, 2.75) is 0 Å². The van der Waals surface area contributed by atoms with Crippen LogP contribution in [0.3, 0.4) is 0 Å². The van der Waals surface area contributed by atoms with Crippen LogP contribution in [0.5, 0.6) is 0 Å². The van der Waals surface area contributed by atoms with Crippen molar-refractivity contribution in [2.75, 3.05) is 11.1 Å². The number of pyridine rings is 1. The highest BCUT2D eigenvalue weighted by molar-refractivity contribution is 9.10. The first-order valence-electron chi connectivity index (χ1n) is 4.69. The molecule has 1 aromatic heterocycles. The molecule has 1 heterocycles. The van der Waals surface area contributed by atoms with E-state index >= 15 is 0 Å². The van der Waals surface area contributed by atoms with Gasteiger partial charge in [-0.05, 0) is 40.2 Å². The third-order valence-corrected chi connectivity index (χ3v) is 2.97. The zero-order chi connectivity index (χ0) is 12.4. The number of benzene rings is 1. The van der Waals surface area contributed by atoms with E-state index in [1.165, 1.54) is 18.3 Å². The fourth-order valence-corrected chi connectivity index (χ4v) is 2.17. The Morgan fingerprint density at radius 1 is 1.35 bits per heavy atom. The van der Waals surface area contributed by atoms with Crippen LogP contribution in [0.15, 0.2) is 34.9 Å². The summed E-state index contributed by atoms with van der Waals surface area (Å²) >= 11 is 9.16. The lowest BCUT2D eigenvalue weighted by Crippen LogP contribution is -1.96. The summed E-state index contributed by atoms with van der Waals surface area (Å²) in [4.78, 5) is 4.07. The average Bonchev–Trinajstić information content (AvgIpc) is 2.26. The van der Waals surface area contributed by atoms with Gasteiger partial charge in [-0.2, -0.15) is 0 Å². The van der Waals surface area contributed by atoms with Crippen LogP contribution in [0, 0.1) is 5.82 Å². The van der Waals surface area contributed by atoms with E-state index in [9.17, 15) is 4.39 Å². The van der Waals surface area contributed by atoms with Crippen LogP contribution in [-0.4, -0.2) is 4.98 Å². The molecule has 2 aromatic rings. The fraction of sp³-hybridized carbons (Fsp3) is 0. The second-order valence-corrected chi connectivity index (χ2v) is 4.61. The van der Waals surface area contributed by atoms with E-state index in [0.717, 1.165) is 0 Å². The number of nitrogens with zero attached hydrogens (tertiary/aromatic N) is 1. The molecule has 0 fully saturated rings. The molecule has 17 heavy (non-hydrogen) atoms. The molecule has 0 atom stereocenters. The fourth-order valence-electron chi connectivity index (χ4n) is 1.27. The Morgan fingerprint density at radius 2 is 2.12 bits per heavy atom. The molecule has 0 unspecified atom stereocenters. The number of anilines is 3. The number of aromatic nitrogens is 1. The Balaban J connectivity index is 2.33. The van der Waals surface area contributed by atoms with Gasteiger partial charge in [-0.15, -0.1) is 0 Å². The van der Waals surface area contributed by atoms with Crippen molar-refractivity contribution in [1.82, 2.24) is 4.98 Å². The minimum Gasteiger partial charge on any atom is -0.397 e. The molecule has 0 radical (unpaired) electrons. The molecule has 0 saturated carbocycles. The maximum Gasteiger partial charge on any atom is 0.130 e.